The molecule has 0 spiro atoms. The average molecular weight is 313 g/mol. The minimum atomic E-state index is 0.539. The predicted molar refractivity (Wildman–Crippen MR) is 88.3 cm³/mol. The smallest absolute Gasteiger partial charge is 0.147 e. The van der Waals surface area contributed by atoms with E-state index in [-0.39, 0.29) is 0 Å². The Morgan fingerprint density at radius 2 is 2.25 bits per heavy atom. The van der Waals surface area contributed by atoms with E-state index in [1.165, 1.54) is 0 Å². The summed E-state index contributed by atoms with van der Waals surface area (Å²) < 4.78 is 7.96. The highest BCUT2D eigenvalue weighted by molar-refractivity contribution is 7.99. The highest BCUT2D eigenvalue weighted by Gasteiger charge is 2.15. The van der Waals surface area contributed by atoms with Gasteiger partial charge >= 0.3 is 0 Å². The molecule has 0 amide bonds. The number of rotatable bonds is 7. The lowest BCUT2D eigenvalue weighted by atomic mass is 10.3. The van der Waals surface area contributed by atoms with E-state index in [0.29, 0.717) is 17.7 Å². The summed E-state index contributed by atoms with van der Waals surface area (Å²) in [7, 11) is 0. The fourth-order valence-corrected chi connectivity index (χ4v) is 2.72. The van der Waals surface area contributed by atoms with Gasteiger partial charge in [-0.1, -0.05) is 13.0 Å². The number of hydrogen-bond acceptors (Lipinski definition) is 3. The van der Waals surface area contributed by atoms with Crippen molar-refractivity contribution in [1.29, 1.82) is 0 Å². The van der Waals surface area contributed by atoms with Gasteiger partial charge in [0.25, 0.3) is 0 Å². The SMILES string of the molecule is CCOc1cccc2c1nc(CCCl)n2CC(C)SC. The number of fused-ring (bicyclic) bond motifs is 1. The van der Waals surface area contributed by atoms with E-state index in [9.17, 15) is 0 Å². The number of hydrogen-bond donors (Lipinski definition) is 0. The molecule has 2 aromatic rings. The van der Waals surface area contributed by atoms with Gasteiger partial charge in [0.1, 0.15) is 17.1 Å². The maximum Gasteiger partial charge on any atom is 0.147 e. The molecule has 0 radical (unpaired) electrons. The second kappa shape index (κ2) is 7.23. The summed E-state index contributed by atoms with van der Waals surface area (Å²) >= 11 is 7.78. The molecule has 1 aromatic heterocycles. The maximum atomic E-state index is 5.92. The van der Waals surface area contributed by atoms with Gasteiger partial charge in [-0.15, -0.1) is 11.6 Å². The van der Waals surface area contributed by atoms with Crippen LogP contribution in [0.4, 0.5) is 0 Å². The fraction of sp³-hybridized carbons (Fsp3) is 0.533. The number of aryl methyl sites for hydroxylation is 1. The van der Waals surface area contributed by atoms with Crippen molar-refractivity contribution in [3.05, 3.63) is 24.0 Å². The van der Waals surface area contributed by atoms with Crippen LogP contribution in [-0.4, -0.2) is 33.5 Å². The topological polar surface area (TPSA) is 27.1 Å². The largest absolute Gasteiger partial charge is 0.492 e. The van der Waals surface area contributed by atoms with Crippen molar-refractivity contribution in [1.82, 2.24) is 9.55 Å². The Morgan fingerprint density at radius 3 is 2.90 bits per heavy atom. The van der Waals surface area contributed by atoms with Crippen LogP contribution in [0.1, 0.15) is 19.7 Å². The lowest BCUT2D eigenvalue weighted by molar-refractivity contribution is 0.343. The van der Waals surface area contributed by atoms with Crippen molar-refractivity contribution >= 4 is 34.4 Å². The monoisotopic (exact) mass is 312 g/mol. The maximum absolute atomic E-state index is 5.92. The van der Waals surface area contributed by atoms with Crippen LogP contribution in [0.25, 0.3) is 11.0 Å². The second-order valence-corrected chi connectivity index (χ2v) is 6.33. The lowest BCUT2D eigenvalue weighted by Gasteiger charge is -2.13. The zero-order valence-corrected chi connectivity index (χ0v) is 13.8. The highest BCUT2D eigenvalue weighted by Crippen LogP contribution is 2.27. The van der Waals surface area contributed by atoms with Crippen molar-refractivity contribution in [3.63, 3.8) is 0 Å². The number of ether oxygens (including phenoxy) is 1. The highest BCUT2D eigenvalue weighted by atomic mass is 35.5. The molecule has 0 aliphatic carbocycles. The van der Waals surface area contributed by atoms with Crippen LogP contribution >= 0.6 is 23.4 Å². The number of alkyl halides is 1. The molecule has 5 heteroatoms. The molecule has 1 aromatic carbocycles. The molecule has 0 aliphatic rings. The van der Waals surface area contributed by atoms with Gasteiger partial charge in [0, 0.05) is 24.1 Å². The van der Waals surface area contributed by atoms with Crippen molar-refractivity contribution in [2.24, 2.45) is 0 Å². The van der Waals surface area contributed by atoms with Crippen molar-refractivity contribution < 1.29 is 4.74 Å². The molecule has 0 bridgehead atoms. The third kappa shape index (κ3) is 3.23. The van der Waals surface area contributed by atoms with Crippen LogP contribution < -0.4 is 4.74 Å². The van der Waals surface area contributed by atoms with Gasteiger partial charge in [0.05, 0.1) is 12.1 Å². The first-order valence-corrected chi connectivity index (χ1v) is 8.73. The summed E-state index contributed by atoms with van der Waals surface area (Å²) in [6, 6.07) is 6.11. The first-order valence-electron chi connectivity index (χ1n) is 6.90. The van der Waals surface area contributed by atoms with E-state index in [2.05, 4.69) is 23.8 Å². The Hall–Kier alpha value is -0.870. The summed E-state index contributed by atoms with van der Waals surface area (Å²) in [4.78, 5) is 4.75. The number of halogens is 1. The molecule has 2 rings (SSSR count). The number of para-hydroxylation sites is 1. The molecule has 0 saturated carbocycles. The standard InChI is InChI=1S/C15H21ClN2OS/c1-4-19-13-7-5-6-12-15(13)17-14(8-9-16)18(12)10-11(2)20-3/h5-7,11H,4,8-10H2,1-3H3. The van der Waals surface area contributed by atoms with Gasteiger partial charge in [0.15, 0.2) is 0 Å². The van der Waals surface area contributed by atoms with Crippen LogP contribution in [0.15, 0.2) is 18.2 Å². The normalized spacial score (nSPS) is 12.8. The molecule has 1 atom stereocenters. The molecular formula is C15H21ClN2OS. The molecule has 110 valence electrons. The first-order chi connectivity index (χ1) is 9.71. The number of imidazole rings is 1. The predicted octanol–water partition coefficient (Wildman–Crippen LogP) is 3.97. The lowest BCUT2D eigenvalue weighted by Crippen LogP contribution is -2.12. The van der Waals surface area contributed by atoms with E-state index in [1.54, 1.807) is 0 Å². The molecule has 20 heavy (non-hydrogen) atoms. The van der Waals surface area contributed by atoms with Crippen LogP contribution in [-0.2, 0) is 13.0 Å². The molecule has 1 unspecified atom stereocenters. The van der Waals surface area contributed by atoms with Crippen molar-refractivity contribution in [2.45, 2.75) is 32.1 Å². The zero-order chi connectivity index (χ0) is 14.5. The Labute approximate surface area is 129 Å². The number of aromatic nitrogens is 2. The second-order valence-electron chi connectivity index (χ2n) is 4.68. The van der Waals surface area contributed by atoms with Gasteiger partial charge in [-0.05, 0) is 25.3 Å². The summed E-state index contributed by atoms with van der Waals surface area (Å²) in [6.45, 7) is 5.82. The summed E-state index contributed by atoms with van der Waals surface area (Å²) in [5, 5.41) is 0.539. The molecule has 1 heterocycles. The number of thioether (sulfide) groups is 1. The molecule has 0 fully saturated rings. The molecule has 0 N–H and O–H groups in total. The third-order valence-corrected chi connectivity index (χ3v) is 4.42. The molecule has 0 saturated heterocycles. The van der Waals surface area contributed by atoms with E-state index in [1.807, 2.05) is 30.8 Å². The summed E-state index contributed by atoms with van der Waals surface area (Å²) in [6.07, 6.45) is 2.92. The van der Waals surface area contributed by atoms with Gasteiger partial charge in [-0.3, -0.25) is 0 Å². The number of nitrogens with zero attached hydrogens (tertiary/aromatic N) is 2. The summed E-state index contributed by atoms with van der Waals surface area (Å²) in [5.74, 6) is 2.49. The van der Waals surface area contributed by atoms with Crippen LogP contribution in [0.3, 0.4) is 0 Å². The molecular weight excluding hydrogens is 292 g/mol. The fourth-order valence-electron chi connectivity index (χ4n) is 2.25. The molecule has 0 aliphatic heterocycles. The van der Waals surface area contributed by atoms with Crippen LogP contribution in [0, 0.1) is 0 Å². The van der Waals surface area contributed by atoms with Gasteiger partial charge < -0.3 is 9.30 Å². The third-order valence-electron chi connectivity index (χ3n) is 3.28. The molecule has 3 nitrogen and oxygen atoms in total. The number of benzene rings is 1. The Morgan fingerprint density at radius 1 is 1.45 bits per heavy atom. The average Bonchev–Trinajstić information content (AvgIpc) is 2.79. The van der Waals surface area contributed by atoms with Gasteiger partial charge in [0.2, 0.25) is 0 Å². The Kier molecular flexibility index (Phi) is 5.61. The zero-order valence-electron chi connectivity index (χ0n) is 12.2. The minimum Gasteiger partial charge on any atom is -0.492 e. The van der Waals surface area contributed by atoms with Gasteiger partial charge in [-0.25, -0.2) is 4.98 Å². The van der Waals surface area contributed by atoms with Crippen molar-refractivity contribution in [3.8, 4) is 5.75 Å². The van der Waals surface area contributed by atoms with Crippen LogP contribution in [0.5, 0.6) is 5.75 Å². The Bertz CT molecular complexity index is 570. The Balaban J connectivity index is 2.51. The van der Waals surface area contributed by atoms with Gasteiger partial charge in [-0.2, -0.15) is 11.8 Å². The first kappa shape index (κ1) is 15.5. The minimum absolute atomic E-state index is 0.539. The summed E-state index contributed by atoms with van der Waals surface area (Å²) in [5.41, 5.74) is 2.08. The van der Waals surface area contributed by atoms with Crippen molar-refractivity contribution in [2.75, 3.05) is 18.7 Å². The van der Waals surface area contributed by atoms with E-state index >= 15 is 0 Å². The van der Waals surface area contributed by atoms with E-state index < -0.39 is 0 Å². The van der Waals surface area contributed by atoms with E-state index in [0.717, 1.165) is 35.6 Å². The van der Waals surface area contributed by atoms with Crippen LogP contribution in [0.2, 0.25) is 0 Å². The van der Waals surface area contributed by atoms with E-state index in [4.69, 9.17) is 21.3 Å². The quantitative estimate of drug-likeness (QED) is 0.724.